The molecule has 0 aliphatic heterocycles. The summed E-state index contributed by atoms with van der Waals surface area (Å²) in [6.07, 6.45) is 1.36. The number of hydrogen-bond donors (Lipinski definition) is 2. The summed E-state index contributed by atoms with van der Waals surface area (Å²) in [4.78, 5) is 0. The molecule has 23 heavy (non-hydrogen) atoms. The van der Waals surface area contributed by atoms with Gasteiger partial charge in [0.25, 0.3) is 0 Å². The number of sulfonamides is 1. The summed E-state index contributed by atoms with van der Waals surface area (Å²) in [7, 11) is -3.41. The lowest BCUT2D eigenvalue weighted by Gasteiger charge is -2.08. The van der Waals surface area contributed by atoms with E-state index in [4.69, 9.17) is 11.6 Å². The van der Waals surface area contributed by atoms with Gasteiger partial charge in [-0.2, -0.15) is 0 Å². The van der Waals surface area contributed by atoms with Crippen LogP contribution in [0.5, 0.6) is 0 Å². The predicted molar refractivity (Wildman–Crippen MR) is 89.0 cm³/mol. The van der Waals surface area contributed by atoms with E-state index in [2.05, 4.69) is 20.2 Å². The molecule has 0 saturated heterocycles. The molecule has 0 fully saturated rings. The molecule has 1 aromatic carbocycles. The maximum atomic E-state index is 13.1. The van der Waals surface area contributed by atoms with Crippen molar-refractivity contribution in [3.8, 4) is 0 Å². The average molecular weight is 359 g/mol. The van der Waals surface area contributed by atoms with Crippen molar-refractivity contribution in [2.24, 2.45) is 0 Å². The lowest BCUT2D eigenvalue weighted by molar-refractivity contribution is 0.597. The predicted octanol–water partition coefficient (Wildman–Crippen LogP) is 3.55. The first-order valence-electron chi connectivity index (χ1n) is 6.96. The molecule has 0 atom stereocenters. The normalized spacial score (nSPS) is 11.3. The number of benzene rings is 1. The molecular formula is C14H16ClFN4O2S. The zero-order valence-corrected chi connectivity index (χ0v) is 14.0. The van der Waals surface area contributed by atoms with Crippen LogP contribution in [-0.2, 0) is 10.0 Å². The van der Waals surface area contributed by atoms with Gasteiger partial charge in [0.2, 0.25) is 10.0 Å². The van der Waals surface area contributed by atoms with Crippen LogP contribution in [0.15, 0.2) is 30.3 Å². The first-order chi connectivity index (χ1) is 10.9. The molecule has 2 rings (SSSR count). The van der Waals surface area contributed by atoms with Crippen LogP contribution in [0.25, 0.3) is 0 Å². The number of nitrogens with one attached hydrogen (secondary N) is 2. The smallest absolute Gasteiger partial charge is 0.233 e. The van der Waals surface area contributed by atoms with Crippen LogP contribution < -0.4 is 10.0 Å². The van der Waals surface area contributed by atoms with Gasteiger partial charge in [0.05, 0.1) is 10.8 Å². The Morgan fingerprint density at radius 2 is 1.87 bits per heavy atom. The van der Waals surface area contributed by atoms with Gasteiger partial charge in [0, 0.05) is 5.69 Å². The van der Waals surface area contributed by atoms with E-state index in [-0.39, 0.29) is 16.6 Å². The first-order valence-corrected chi connectivity index (χ1v) is 8.99. The van der Waals surface area contributed by atoms with Gasteiger partial charge >= 0.3 is 0 Å². The second kappa shape index (κ2) is 7.56. The summed E-state index contributed by atoms with van der Waals surface area (Å²) in [5, 5.41) is 10.5. The van der Waals surface area contributed by atoms with E-state index in [9.17, 15) is 12.8 Å². The Morgan fingerprint density at radius 3 is 2.48 bits per heavy atom. The van der Waals surface area contributed by atoms with Crippen LogP contribution in [0.4, 0.5) is 21.7 Å². The zero-order valence-electron chi connectivity index (χ0n) is 12.4. The van der Waals surface area contributed by atoms with Crippen molar-refractivity contribution in [2.75, 3.05) is 15.8 Å². The molecule has 9 heteroatoms. The molecule has 0 unspecified atom stereocenters. The average Bonchev–Trinajstić information content (AvgIpc) is 2.51. The van der Waals surface area contributed by atoms with Gasteiger partial charge in [0.1, 0.15) is 5.82 Å². The monoisotopic (exact) mass is 358 g/mol. The summed E-state index contributed by atoms with van der Waals surface area (Å²) in [6.45, 7) is 1.91. The van der Waals surface area contributed by atoms with Crippen molar-refractivity contribution in [3.05, 3.63) is 41.2 Å². The van der Waals surface area contributed by atoms with Crippen molar-refractivity contribution in [2.45, 2.75) is 19.8 Å². The van der Waals surface area contributed by atoms with E-state index in [0.29, 0.717) is 17.9 Å². The summed E-state index contributed by atoms with van der Waals surface area (Å²) in [5.41, 5.74) is 0.543. The van der Waals surface area contributed by atoms with E-state index < -0.39 is 15.8 Å². The van der Waals surface area contributed by atoms with Gasteiger partial charge < -0.3 is 5.32 Å². The summed E-state index contributed by atoms with van der Waals surface area (Å²) < 4.78 is 39.0. The van der Waals surface area contributed by atoms with Crippen molar-refractivity contribution >= 4 is 38.9 Å². The zero-order chi connectivity index (χ0) is 16.9. The standard InChI is InChI=1S/C14H16ClFN4O2S/c1-2-3-8-23(21,22)20-14-7-6-13(18-19-14)17-10-4-5-12(16)11(15)9-10/h4-7,9H,2-3,8H2,1H3,(H,17,18)(H,19,20). The maximum absolute atomic E-state index is 13.1. The molecule has 0 amide bonds. The largest absolute Gasteiger partial charge is 0.339 e. The Labute approximate surface area is 139 Å². The number of hydrogen-bond acceptors (Lipinski definition) is 5. The molecule has 6 nitrogen and oxygen atoms in total. The van der Waals surface area contributed by atoms with Crippen LogP contribution in [0.2, 0.25) is 5.02 Å². The van der Waals surface area contributed by atoms with Gasteiger partial charge in [-0.25, -0.2) is 12.8 Å². The number of unbranched alkanes of at least 4 members (excludes halogenated alkanes) is 1. The van der Waals surface area contributed by atoms with Crippen LogP contribution >= 0.6 is 11.6 Å². The lowest BCUT2D eigenvalue weighted by atomic mass is 10.3. The SMILES string of the molecule is CCCCS(=O)(=O)Nc1ccc(Nc2ccc(F)c(Cl)c2)nn1. The van der Waals surface area contributed by atoms with Crippen molar-refractivity contribution < 1.29 is 12.8 Å². The fourth-order valence-corrected chi connectivity index (χ4v) is 3.10. The number of rotatable bonds is 7. The topological polar surface area (TPSA) is 84.0 Å². The molecule has 2 aromatic rings. The van der Waals surface area contributed by atoms with E-state index >= 15 is 0 Å². The highest BCUT2D eigenvalue weighted by Gasteiger charge is 2.11. The third-order valence-electron chi connectivity index (χ3n) is 2.88. The third-order valence-corrected chi connectivity index (χ3v) is 4.52. The van der Waals surface area contributed by atoms with Crippen LogP contribution in [-0.4, -0.2) is 24.4 Å². The van der Waals surface area contributed by atoms with Crippen LogP contribution in [0.1, 0.15) is 19.8 Å². The highest BCUT2D eigenvalue weighted by atomic mass is 35.5. The fourth-order valence-electron chi connectivity index (χ4n) is 1.72. The number of nitrogens with zero attached hydrogens (tertiary/aromatic N) is 2. The lowest BCUT2D eigenvalue weighted by Crippen LogP contribution is -2.17. The van der Waals surface area contributed by atoms with Gasteiger partial charge in [-0.3, -0.25) is 4.72 Å². The molecular weight excluding hydrogens is 343 g/mol. The van der Waals surface area contributed by atoms with Crippen molar-refractivity contribution in [3.63, 3.8) is 0 Å². The Morgan fingerprint density at radius 1 is 1.17 bits per heavy atom. The second-order valence-electron chi connectivity index (χ2n) is 4.83. The number of halogens is 2. The Kier molecular flexibility index (Phi) is 5.73. The molecule has 0 saturated carbocycles. The molecule has 1 aromatic heterocycles. The van der Waals surface area contributed by atoms with Gasteiger partial charge in [-0.15, -0.1) is 10.2 Å². The number of anilines is 3. The molecule has 0 aliphatic rings. The van der Waals surface area contributed by atoms with Gasteiger partial charge in [-0.05, 0) is 36.8 Å². The summed E-state index contributed by atoms with van der Waals surface area (Å²) in [5.74, 6) is 0.0484. The molecule has 2 N–H and O–H groups in total. The van der Waals surface area contributed by atoms with Crippen LogP contribution in [0, 0.1) is 5.82 Å². The summed E-state index contributed by atoms with van der Waals surface area (Å²) in [6, 6.07) is 7.20. The molecule has 0 radical (unpaired) electrons. The van der Waals surface area contributed by atoms with E-state index in [1.54, 1.807) is 6.07 Å². The highest BCUT2D eigenvalue weighted by Crippen LogP contribution is 2.22. The van der Waals surface area contributed by atoms with E-state index in [1.807, 2.05) is 6.92 Å². The Balaban J connectivity index is 2.03. The van der Waals surface area contributed by atoms with Crippen LogP contribution in [0.3, 0.4) is 0 Å². The van der Waals surface area contributed by atoms with E-state index in [0.717, 1.165) is 6.42 Å². The first kappa shape index (κ1) is 17.4. The Bertz CT molecular complexity index is 769. The number of aromatic nitrogens is 2. The molecule has 0 spiro atoms. The maximum Gasteiger partial charge on any atom is 0.233 e. The third kappa shape index (κ3) is 5.33. The molecule has 0 aliphatic carbocycles. The minimum Gasteiger partial charge on any atom is -0.339 e. The fraction of sp³-hybridized carbons (Fsp3) is 0.286. The quantitative estimate of drug-likeness (QED) is 0.790. The van der Waals surface area contributed by atoms with Gasteiger partial charge in [0.15, 0.2) is 11.6 Å². The Hall–Kier alpha value is -1.93. The molecule has 0 bridgehead atoms. The summed E-state index contributed by atoms with van der Waals surface area (Å²) >= 11 is 5.69. The van der Waals surface area contributed by atoms with E-state index in [1.165, 1.54) is 24.3 Å². The molecule has 1 heterocycles. The van der Waals surface area contributed by atoms with Crippen molar-refractivity contribution in [1.29, 1.82) is 0 Å². The van der Waals surface area contributed by atoms with Crippen molar-refractivity contribution in [1.82, 2.24) is 10.2 Å². The highest BCUT2D eigenvalue weighted by molar-refractivity contribution is 7.92. The second-order valence-corrected chi connectivity index (χ2v) is 7.08. The molecule has 124 valence electrons. The van der Waals surface area contributed by atoms with Gasteiger partial charge in [-0.1, -0.05) is 24.9 Å². The minimum absolute atomic E-state index is 0.0109. The minimum atomic E-state index is -3.41.